The maximum Gasteiger partial charge on any atom is 0.168 e. The molecule has 1 aromatic rings. The highest BCUT2D eigenvalue weighted by Crippen LogP contribution is 2.33. The van der Waals surface area contributed by atoms with Gasteiger partial charge in [-0.15, -0.1) is 5.11 Å². The molecule has 0 fully saturated rings. The predicted molar refractivity (Wildman–Crippen MR) is 60.2 cm³/mol. The summed E-state index contributed by atoms with van der Waals surface area (Å²) in [7, 11) is 1.93. The highest BCUT2D eigenvalue weighted by molar-refractivity contribution is 5.38. The van der Waals surface area contributed by atoms with Crippen LogP contribution in [0.2, 0.25) is 0 Å². The molecule has 3 rings (SSSR count). The van der Waals surface area contributed by atoms with Crippen molar-refractivity contribution in [1.29, 1.82) is 0 Å². The Kier molecular flexibility index (Phi) is 2.15. The Morgan fingerprint density at radius 3 is 3.12 bits per heavy atom. The smallest absolute Gasteiger partial charge is 0.168 e. The van der Waals surface area contributed by atoms with Crippen LogP contribution in [0.3, 0.4) is 0 Å². The monoisotopic (exact) mass is 217 g/mol. The number of hydrogen-bond acceptors (Lipinski definition) is 5. The maximum atomic E-state index is 6.01. The lowest BCUT2D eigenvalue weighted by molar-refractivity contribution is 0.222. The van der Waals surface area contributed by atoms with Crippen LogP contribution >= 0.6 is 0 Å². The number of benzene rings is 1. The Hall–Kier alpha value is -1.46. The summed E-state index contributed by atoms with van der Waals surface area (Å²) in [6.07, 6.45) is 2.12. The lowest BCUT2D eigenvalue weighted by atomic mass is 10.0. The molecule has 5 nitrogen and oxygen atoms in total. The zero-order valence-electron chi connectivity index (χ0n) is 9.22. The molecule has 0 amide bonds. The molecule has 0 saturated heterocycles. The molecule has 1 aliphatic heterocycles. The number of nitrogens with two attached hydrogens (primary N) is 1. The van der Waals surface area contributed by atoms with Crippen LogP contribution in [0.4, 0.5) is 0 Å². The van der Waals surface area contributed by atoms with E-state index in [1.807, 2.05) is 12.1 Å². The fourth-order valence-corrected chi connectivity index (χ4v) is 2.40. The van der Waals surface area contributed by atoms with E-state index in [0.29, 0.717) is 0 Å². The van der Waals surface area contributed by atoms with E-state index in [1.165, 1.54) is 16.7 Å². The minimum atomic E-state index is -0.0119. The van der Waals surface area contributed by atoms with Crippen LogP contribution in [0, 0.1) is 0 Å². The molecular weight excluding hydrogens is 202 g/mol. The molecule has 1 aromatic carbocycles. The number of fused-ring (bicyclic) bond motifs is 1. The Bertz CT molecular complexity index is 442. The summed E-state index contributed by atoms with van der Waals surface area (Å²) < 4.78 is 0. The van der Waals surface area contributed by atoms with Crippen molar-refractivity contribution in [2.75, 3.05) is 7.05 Å². The van der Waals surface area contributed by atoms with Crippen molar-refractivity contribution in [1.82, 2.24) is 10.5 Å². The summed E-state index contributed by atoms with van der Waals surface area (Å²) >= 11 is 0. The van der Waals surface area contributed by atoms with Crippen LogP contribution in [0.5, 0.6) is 0 Å². The third-order valence-electron chi connectivity index (χ3n) is 3.33. The van der Waals surface area contributed by atoms with E-state index in [9.17, 15) is 0 Å². The second-order valence-electron chi connectivity index (χ2n) is 4.40. The van der Waals surface area contributed by atoms with Gasteiger partial charge in [-0.25, -0.2) is 5.53 Å². The predicted octanol–water partition coefficient (Wildman–Crippen LogP) is 1.45. The number of rotatable bonds is 1. The fourth-order valence-electron chi connectivity index (χ4n) is 2.40. The zero-order chi connectivity index (χ0) is 11.1. The molecule has 1 aliphatic carbocycles. The van der Waals surface area contributed by atoms with Gasteiger partial charge in [-0.2, -0.15) is 5.01 Å². The first-order chi connectivity index (χ1) is 7.75. The summed E-state index contributed by atoms with van der Waals surface area (Å²) in [5, 5.41) is 9.83. The van der Waals surface area contributed by atoms with Crippen molar-refractivity contribution in [2.45, 2.75) is 25.0 Å². The number of hydrogen-bond donors (Lipinski definition) is 2. The van der Waals surface area contributed by atoms with Crippen molar-refractivity contribution in [3.05, 3.63) is 34.9 Å². The number of nitrogens with zero attached hydrogens (tertiary/aromatic N) is 3. The molecule has 1 unspecified atom stereocenters. The lowest BCUT2D eigenvalue weighted by Crippen LogP contribution is -2.27. The Labute approximate surface area is 94.3 Å². The largest absolute Gasteiger partial charge is 0.324 e. The third kappa shape index (κ3) is 1.40. The normalized spacial score (nSPS) is 28.1. The molecule has 1 heterocycles. The number of nitrogens with one attached hydrogen (secondary N) is 1. The van der Waals surface area contributed by atoms with Crippen LogP contribution in [0.1, 0.15) is 35.3 Å². The first-order valence-electron chi connectivity index (χ1n) is 5.52. The summed E-state index contributed by atoms with van der Waals surface area (Å²) in [5.74, 6) is 0. The van der Waals surface area contributed by atoms with E-state index in [4.69, 9.17) is 5.73 Å². The van der Waals surface area contributed by atoms with Gasteiger partial charge in [0, 0.05) is 13.1 Å². The second-order valence-corrected chi connectivity index (χ2v) is 4.40. The van der Waals surface area contributed by atoms with E-state index in [1.54, 1.807) is 0 Å². The van der Waals surface area contributed by atoms with Gasteiger partial charge in [0.05, 0.1) is 0 Å². The summed E-state index contributed by atoms with van der Waals surface area (Å²) in [5.41, 5.74) is 12.6. The first kappa shape index (κ1) is 9.74. The topological polar surface area (TPSA) is 66.0 Å². The van der Waals surface area contributed by atoms with Crippen LogP contribution in [0.25, 0.3) is 0 Å². The second kappa shape index (κ2) is 3.54. The Balaban J connectivity index is 1.95. The van der Waals surface area contributed by atoms with Crippen molar-refractivity contribution >= 4 is 0 Å². The first-order valence-corrected chi connectivity index (χ1v) is 5.52. The van der Waals surface area contributed by atoms with Crippen LogP contribution < -0.4 is 11.3 Å². The van der Waals surface area contributed by atoms with Crippen molar-refractivity contribution in [3.8, 4) is 0 Å². The molecule has 5 heteroatoms. The van der Waals surface area contributed by atoms with Gasteiger partial charge in [0.25, 0.3) is 0 Å². The fraction of sp³-hybridized carbons (Fsp3) is 0.455. The van der Waals surface area contributed by atoms with Crippen LogP contribution in [-0.2, 0) is 6.42 Å². The van der Waals surface area contributed by atoms with Gasteiger partial charge in [0.2, 0.25) is 0 Å². The molecule has 3 N–H and O–H groups in total. The van der Waals surface area contributed by atoms with Gasteiger partial charge in [-0.1, -0.05) is 23.4 Å². The van der Waals surface area contributed by atoms with Crippen LogP contribution in [0.15, 0.2) is 28.5 Å². The average Bonchev–Trinajstić information content (AvgIpc) is 2.86. The average molecular weight is 217 g/mol. The lowest BCUT2D eigenvalue weighted by Gasteiger charge is -2.16. The maximum absolute atomic E-state index is 6.01. The molecule has 2 aliphatic rings. The van der Waals surface area contributed by atoms with Crippen molar-refractivity contribution in [3.63, 3.8) is 0 Å². The summed E-state index contributed by atoms with van der Waals surface area (Å²) in [6, 6.07) is 6.64. The van der Waals surface area contributed by atoms with Gasteiger partial charge in [-0.3, -0.25) is 0 Å². The number of hydrazine groups is 1. The highest BCUT2D eigenvalue weighted by Gasteiger charge is 2.24. The van der Waals surface area contributed by atoms with Gasteiger partial charge < -0.3 is 5.73 Å². The van der Waals surface area contributed by atoms with E-state index < -0.39 is 0 Å². The quantitative estimate of drug-likeness (QED) is 0.748. The zero-order valence-corrected chi connectivity index (χ0v) is 9.22. The van der Waals surface area contributed by atoms with Crippen molar-refractivity contribution in [2.24, 2.45) is 16.1 Å². The van der Waals surface area contributed by atoms with Gasteiger partial charge in [0.15, 0.2) is 6.17 Å². The molecule has 16 heavy (non-hydrogen) atoms. The minimum Gasteiger partial charge on any atom is -0.324 e. The Morgan fingerprint density at radius 2 is 2.38 bits per heavy atom. The van der Waals surface area contributed by atoms with Gasteiger partial charge in [-0.05, 0) is 29.5 Å². The summed E-state index contributed by atoms with van der Waals surface area (Å²) in [6.45, 7) is 0. The van der Waals surface area contributed by atoms with Crippen molar-refractivity contribution < 1.29 is 0 Å². The molecule has 0 spiro atoms. The molecule has 2 atom stereocenters. The number of aryl methyl sites for hydroxylation is 1. The molecule has 84 valence electrons. The van der Waals surface area contributed by atoms with Crippen LogP contribution in [-0.4, -0.2) is 12.1 Å². The molecule has 0 aromatic heterocycles. The molecule has 0 saturated carbocycles. The third-order valence-corrected chi connectivity index (χ3v) is 3.33. The SMILES string of the molecule is CN1NN=NC1c1ccc2c(c1)CC[C@@H]2N. The van der Waals surface area contributed by atoms with E-state index >= 15 is 0 Å². The Morgan fingerprint density at radius 1 is 1.50 bits per heavy atom. The van der Waals surface area contributed by atoms with E-state index in [-0.39, 0.29) is 12.2 Å². The van der Waals surface area contributed by atoms with Gasteiger partial charge in [0.1, 0.15) is 0 Å². The minimum absolute atomic E-state index is 0.0119. The summed E-state index contributed by atoms with van der Waals surface area (Å²) in [4.78, 5) is 0. The molecule has 0 radical (unpaired) electrons. The molecule has 0 bridgehead atoms. The highest BCUT2D eigenvalue weighted by atomic mass is 15.8. The van der Waals surface area contributed by atoms with E-state index in [2.05, 4.69) is 34.1 Å². The standard InChI is InChI=1S/C11H15N5/c1-16-11(13-14-15-16)8-2-4-9-7(6-8)3-5-10(9)12/h2,4,6,10-11H,3,5,12H2,1H3,(H,13,15)/t10-,11?/m0/s1. The molecular formula is C11H15N5. The van der Waals surface area contributed by atoms with E-state index in [0.717, 1.165) is 12.8 Å². The van der Waals surface area contributed by atoms with Gasteiger partial charge >= 0.3 is 0 Å².